The SMILES string of the molecule is Cc1nn(C)c(CC(=O)c2cn(CCN)nn2)c1Cl. The Kier molecular flexibility index (Phi) is 3.96. The van der Waals surface area contributed by atoms with Crippen molar-refractivity contribution in [2.45, 2.75) is 19.9 Å². The molecule has 0 aliphatic carbocycles. The Labute approximate surface area is 115 Å². The number of ketones is 1. The number of carbonyl (C=O) groups excluding carboxylic acids is 1. The van der Waals surface area contributed by atoms with Gasteiger partial charge in [0.05, 0.1) is 35.6 Å². The Hall–Kier alpha value is -1.73. The van der Waals surface area contributed by atoms with Crippen LogP contribution in [0.5, 0.6) is 0 Å². The summed E-state index contributed by atoms with van der Waals surface area (Å²) in [6, 6.07) is 0. The van der Waals surface area contributed by atoms with Crippen LogP contribution in [0.2, 0.25) is 5.02 Å². The molecule has 0 radical (unpaired) electrons. The van der Waals surface area contributed by atoms with Gasteiger partial charge in [0.1, 0.15) is 5.69 Å². The smallest absolute Gasteiger partial charge is 0.190 e. The highest BCUT2D eigenvalue weighted by molar-refractivity contribution is 6.32. The molecule has 0 amide bonds. The lowest BCUT2D eigenvalue weighted by atomic mass is 10.1. The van der Waals surface area contributed by atoms with Crippen LogP contribution in [-0.4, -0.2) is 37.1 Å². The molecule has 0 saturated heterocycles. The summed E-state index contributed by atoms with van der Waals surface area (Å²) in [5, 5.41) is 12.3. The summed E-state index contributed by atoms with van der Waals surface area (Å²) in [6.45, 7) is 2.78. The van der Waals surface area contributed by atoms with Gasteiger partial charge < -0.3 is 5.73 Å². The molecule has 2 aromatic heterocycles. The monoisotopic (exact) mass is 282 g/mol. The number of carbonyl (C=O) groups is 1. The molecule has 2 rings (SSSR count). The molecule has 2 heterocycles. The van der Waals surface area contributed by atoms with E-state index in [4.69, 9.17) is 17.3 Å². The molecule has 19 heavy (non-hydrogen) atoms. The Morgan fingerprint density at radius 2 is 2.26 bits per heavy atom. The highest BCUT2D eigenvalue weighted by atomic mass is 35.5. The molecule has 0 aromatic carbocycles. The topological polar surface area (TPSA) is 91.6 Å². The molecule has 0 aliphatic heterocycles. The largest absolute Gasteiger partial charge is 0.329 e. The normalized spacial score (nSPS) is 10.9. The van der Waals surface area contributed by atoms with E-state index in [-0.39, 0.29) is 12.2 Å². The van der Waals surface area contributed by atoms with Crippen molar-refractivity contribution in [1.82, 2.24) is 24.8 Å². The predicted molar refractivity (Wildman–Crippen MR) is 70.1 cm³/mol. The van der Waals surface area contributed by atoms with Crippen molar-refractivity contribution >= 4 is 17.4 Å². The van der Waals surface area contributed by atoms with Crippen LogP contribution in [0.4, 0.5) is 0 Å². The Bertz CT molecular complexity index is 602. The first-order chi connectivity index (χ1) is 9.02. The first kappa shape index (κ1) is 13.7. The molecule has 0 fully saturated rings. The number of Topliss-reactive ketones (excluding diaryl/α,β-unsaturated/α-hetero) is 1. The third kappa shape index (κ3) is 2.82. The van der Waals surface area contributed by atoms with Crippen molar-refractivity contribution in [3.63, 3.8) is 0 Å². The molecule has 0 aliphatic rings. The highest BCUT2D eigenvalue weighted by Crippen LogP contribution is 2.20. The average Bonchev–Trinajstić information content (AvgIpc) is 2.91. The third-order valence-corrected chi connectivity index (χ3v) is 3.26. The number of hydrogen-bond acceptors (Lipinski definition) is 5. The van der Waals surface area contributed by atoms with Crippen LogP contribution in [0.1, 0.15) is 21.9 Å². The lowest BCUT2D eigenvalue weighted by Crippen LogP contribution is -2.10. The van der Waals surface area contributed by atoms with E-state index >= 15 is 0 Å². The average molecular weight is 283 g/mol. The van der Waals surface area contributed by atoms with Crippen molar-refractivity contribution in [2.24, 2.45) is 12.8 Å². The fourth-order valence-corrected chi connectivity index (χ4v) is 2.01. The second-order valence-corrected chi connectivity index (χ2v) is 4.60. The molecule has 7 nitrogen and oxygen atoms in total. The standard InChI is InChI=1S/C11H15ClN6O/c1-7-11(12)9(17(2)15-7)5-10(19)8-6-18(4-3-13)16-14-8/h6H,3-5,13H2,1-2H3. The molecule has 2 aromatic rings. The molecular weight excluding hydrogens is 268 g/mol. The van der Waals surface area contributed by atoms with Gasteiger partial charge in [-0.1, -0.05) is 16.8 Å². The summed E-state index contributed by atoms with van der Waals surface area (Å²) in [5.41, 5.74) is 7.10. The quantitative estimate of drug-likeness (QED) is 0.799. The summed E-state index contributed by atoms with van der Waals surface area (Å²) in [4.78, 5) is 12.1. The fourth-order valence-electron chi connectivity index (χ4n) is 1.78. The van der Waals surface area contributed by atoms with E-state index in [2.05, 4.69) is 15.4 Å². The van der Waals surface area contributed by atoms with Crippen LogP contribution in [0.15, 0.2) is 6.20 Å². The van der Waals surface area contributed by atoms with Crippen molar-refractivity contribution in [2.75, 3.05) is 6.54 Å². The minimum absolute atomic E-state index is 0.145. The summed E-state index contributed by atoms with van der Waals surface area (Å²) >= 11 is 6.11. The molecule has 0 atom stereocenters. The van der Waals surface area contributed by atoms with Crippen LogP contribution in [0.25, 0.3) is 0 Å². The van der Waals surface area contributed by atoms with Gasteiger partial charge in [0.2, 0.25) is 0 Å². The van der Waals surface area contributed by atoms with Crippen LogP contribution in [-0.2, 0) is 20.0 Å². The minimum Gasteiger partial charge on any atom is -0.329 e. The van der Waals surface area contributed by atoms with E-state index in [1.165, 1.54) is 0 Å². The Balaban J connectivity index is 2.16. The van der Waals surface area contributed by atoms with Crippen molar-refractivity contribution < 1.29 is 4.79 Å². The summed E-state index contributed by atoms with van der Waals surface area (Å²) in [7, 11) is 1.76. The maximum atomic E-state index is 12.1. The van der Waals surface area contributed by atoms with Gasteiger partial charge in [0.15, 0.2) is 5.78 Å². The number of halogens is 1. The molecular formula is C11H15ClN6O. The van der Waals surface area contributed by atoms with Gasteiger partial charge in [-0.3, -0.25) is 14.2 Å². The fraction of sp³-hybridized carbons (Fsp3) is 0.455. The first-order valence-corrected chi connectivity index (χ1v) is 6.22. The zero-order valence-electron chi connectivity index (χ0n) is 10.8. The van der Waals surface area contributed by atoms with Gasteiger partial charge in [-0.15, -0.1) is 5.10 Å². The highest BCUT2D eigenvalue weighted by Gasteiger charge is 2.18. The number of nitrogens with zero attached hydrogens (tertiary/aromatic N) is 5. The van der Waals surface area contributed by atoms with Crippen LogP contribution < -0.4 is 5.73 Å². The van der Waals surface area contributed by atoms with Crippen molar-refractivity contribution in [1.29, 1.82) is 0 Å². The molecule has 8 heteroatoms. The number of aromatic nitrogens is 5. The molecule has 0 saturated carbocycles. The second kappa shape index (κ2) is 5.50. The van der Waals surface area contributed by atoms with Crippen LogP contribution in [0.3, 0.4) is 0 Å². The minimum atomic E-state index is -0.145. The zero-order chi connectivity index (χ0) is 14.0. The maximum Gasteiger partial charge on any atom is 0.190 e. The summed E-state index contributed by atoms with van der Waals surface area (Å²) in [5.74, 6) is -0.145. The van der Waals surface area contributed by atoms with E-state index < -0.39 is 0 Å². The van der Waals surface area contributed by atoms with Gasteiger partial charge in [-0.25, -0.2) is 0 Å². The number of hydrogen-bond donors (Lipinski definition) is 1. The van der Waals surface area contributed by atoms with Gasteiger partial charge in [0.25, 0.3) is 0 Å². The molecule has 102 valence electrons. The lowest BCUT2D eigenvalue weighted by Gasteiger charge is -2.00. The molecule has 2 N–H and O–H groups in total. The lowest BCUT2D eigenvalue weighted by molar-refractivity contribution is 0.0986. The third-order valence-electron chi connectivity index (χ3n) is 2.77. The first-order valence-electron chi connectivity index (χ1n) is 5.84. The van der Waals surface area contributed by atoms with E-state index in [0.717, 1.165) is 0 Å². The Morgan fingerprint density at radius 1 is 1.53 bits per heavy atom. The van der Waals surface area contributed by atoms with E-state index in [0.29, 0.717) is 35.2 Å². The molecule has 0 bridgehead atoms. The van der Waals surface area contributed by atoms with E-state index in [1.54, 1.807) is 29.5 Å². The van der Waals surface area contributed by atoms with Gasteiger partial charge in [-0.05, 0) is 6.92 Å². The number of nitrogens with two attached hydrogens (primary N) is 1. The summed E-state index contributed by atoms with van der Waals surface area (Å²) < 4.78 is 3.16. The van der Waals surface area contributed by atoms with Crippen LogP contribution >= 0.6 is 11.6 Å². The summed E-state index contributed by atoms with van der Waals surface area (Å²) in [6.07, 6.45) is 1.74. The number of aryl methyl sites for hydroxylation is 2. The van der Waals surface area contributed by atoms with Crippen LogP contribution in [0, 0.1) is 6.92 Å². The molecule has 0 spiro atoms. The van der Waals surface area contributed by atoms with Gasteiger partial charge in [0, 0.05) is 13.6 Å². The zero-order valence-corrected chi connectivity index (χ0v) is 11.6. The van der Waals surface area contributed by atoms with E-state index in [9.17, 15) is 4.79 Å². The second-order valence-electron chi connectivity index (χ2n) is 4.23. The molecule has 0 unspecified atom stereocenters. The number of rotatable bonds is 5. The van der Waals surface area contributed by atoms with Crippen molar-refractivity contribution in [3.8, 4) is 0 Å². The van der Waals surface area contributed by atoms with Gasteiger partial charge in [-0.2, -0.15) is 5.10 Å². The van der Waals surface area contributed by atoms with Crippen molar-refractivity contribution in [3.05, 3.63) is 28.3 Å². The predicted octanol–water partition coefficient (Wildman–Crippen LogP) is 0.358. The van der Waals surface area contributed by atoms with Gasteiger partial charge >= 0.3 is 0 Å². The Morgan fingerprint density at radius 3 is 2.84 bits per heavy atom. The van der Waals surface area contributed by atoms with E-state index in [1.807, 2.05) is 0 Å². The maximum absolute atomic E-state index is 12.1.